The van der Waals surface area contributed by atoms with E-state index < -0.39 is 4.92 Å². The molecule has 0 aliphatic rings. The van der Waals surface area contributed by atoms with Gasteiger partial charge in [0.2, 0.25) is 0 Å². The van der Waals surface area contributed by atoms with Gasteiger partial charge >= 0.3 is 5.69 Å². The predicted molar refractivity (Wildman–Crippen MR) is 87.9 cm³/mol. The Labute approximate surface area is 131 Å². The molecule has 0 amide bonds. The Morgan fingerprint density at radius 1 is 1.23 bits per heavy atom. The van der Waals surface area contributed by atoms with Gasteiger partial charge in [-0.2, -0.15) is 0 Å². The molecule has 0 saturated heterocycles. The molecule has 1 aromatic heterocycles. The number of pyridine rings is 1. The van der Waals surface area contributed by atoms with E-state index in [1.807, 2.05) is 31.2 Å². The highest BCUT2D eigenvalue weighted by Gasteiger charge is 2.18. The van der Waals surface area contributed by atoms with Gasteiger partial charge in [-0.1, -0.05) is 23.7 Å². The lowest BCUT2D eigenvalue weighted by Gasteiger charge is -2.11. The van der Waals surface area contributed by atoms with Gasteiger partial charge in [0.05, 0.1) is 10.4 Å². The van der Waals surface area contributed by atoms with E-state index in [9.17, 15) is 10.1 Å². The standard InChI is InChI=1S/C16H12ClN3O2/c1-10-3-2-4-12(7-10)19-16-13-8-11(17)5-6-14(13)18-9-15(16)20(21)22/h2-9H,1H3,(H,18,19). The summed E-state index contributed by atoms with van der Waals surface area (Å²) in [6.45, 7) is 1.96. The molecule has 0 bridgehead atoms. The summed E-state index contributed by atoms with van der Waals surface area (Å²) in [6, 6.07) is 12.7. The van der Waals surface area contributed by atoms with E-state index in [4.69, 9.17) is 11.6 Å². The zero-order valence-corrected chi connectivity index (χ0v) is 12.5. The Hall–Kier alpha value is -2.66. The van der Waals surface area contributed by atoms with Crippen LogP contribution in [0.2, 0.25) is 5.02 Å². The molecule has 3 rings (SSSR count). The molecule has 2 aromatic carbocycles. The summed E-state index contributed by atoms with van der Waals surface area (Å²) < 4.78 is 0. The maximum Gasteiger partial charge on any atom is 0.311 e. The largest absolute Gasteiger partial charge is 0.349 e. The first-order valence-electron chi connectivity index (χ1n) is 6.61. The van der Waals surface area contributed by atoms with Crippen molar-refractivity contribution in [3.8, 4) is 0 Å². The fraction of sp³-hybridized carbons (Fsp3) is 0.0625. The highest BCUT2D eigenvalue weighted by atomic mass is 35.5. The monoisotopic (exact) mass is 313 g/mol. The summed E-state index contributed by atoms with van der Waals surface area (Å²) in [5.74, 6) is 0. The lowest BCUT2D eigenvalue weighted by atomic mass is 10.1. The van der Waals surface area contributed by atoms with Crippen LogP contribution in [0, 0.1) is 17.0 Å². The van der Waals surface area contributed by atoms with Crippen LogP contribution in [-0.2, 0) is 0 Å². The molecule has 0 atom stereocenters. The quantitative estimate of drug-likeness (QED) is 0.554. The van der Waals surface area contributed by atoms with Crippen LogP contribution in [0.15, 0.2) is 48.7 Å². The minimum Gasteiger partial charge on any atom is -0.349 e. The number of aryl methyl sites for hydroxylation is 1. The van der Waals surface area contributed by atoms with Crippen LogP contribution >= 0.6 is 11.6 Å². The average molecular weight is 314 g/mol. The molecular formula is C16H12ClN3O2. The van der Waals surface area contributed by atoms with E-state index in [2.05, 4.69) is 10.3 Å². The summed E-state index contributed by atoms with van der Waals surface area (Å²) in [5.41, 5.74) is 2.78. The first-order valence-corrected chi connectivity index (χ1v) is 6.99. The minimum absolute atomic E-state index is 0.0868. The molecule has 0 radical (unpaired) electrons. The Morgan fingerprint density at radius 2 is 2.05 bits per heavy atom. The molecular weight excluding hydrogens is 302 g/mol. The third kappa shape index (κ3) is 2.71. The average Bonchev–Trinajstić information content (AvgIpc) is 2.47. The van der Waals surface area contributed by atoms with Crippen molar-refractivity contribution < 1.29 is 4.92 Å². The van der Waals surface area contributed by atoms with Gasteiger partial charge in [-0.3, -0.25) is 10.1 Å². The molecule has 0 saturated carbocycles. The third-order valence-corrected chi connectivity index (χ3v) is 3.53. The second-order valence-corrected chi connectivity index (χ2v) is 5.37. The maximum atomic E-state index is 11.3. The second-order valence-electron chi connectivity index (χ2n) is 4.93. The van der Waals surface area contributed by atoms with Gasteiger partial charge in [-0.25, -0.2) is 4.98 Å². The Kier molecular flexibility index (Phi) is 3.65. The van der Waals surface area contributed by atoms with Crippen LogP contribution in [0.5, 0.6) is 0 Å². The zero-order chi connectivity index (χ0) is 15.7. The minimum atomic E-state index is -0.453. The second kappa shape index (κ2) is 5.61. The molecule has 0 aliphatic carbocycles. The molecule has 1 heterocycles. The van der Waals surface area contributed by atoms with Crippen molar-refractivity contribution in [1.29, 1.82) is 0 Å². The number of benzene rings is 2. The summed E-state index contributed by atoms with van der Waals surface area (Å²) in [6.07, 6.45) is 1.26. The molecule has 6 heteroatoms. The topological polar surface area (TPSA) is 68.1 Å². The number of anilines is 2. The summed E-state index contributed by atoms with van der Waals surface area (Å²) in [4.78, 5) is 15.0. The maximum absolute atomic E-state index is 11.3. The van der Waals surface area contributed by atoms with Gasteiger partial charge in [0.1, 0.15) is 11.9 Å². The van der Waals surface area contributed by atoms with Gasteiger partial charge in [-0.05, 0) is 42.8 Å². The zero-order valence-electron chi connectivity index (χ0n) is 11.7. The number of aromatic nitrogens is 1. The number of rotatable bonds is 3. The van der Waals surface area contributed by atoms with Crippen molar-refractivity contribution >= 4 is 39.6 Å². The van der Waals surface area contributed by atoms with Crippen molar-refractivity contribution in [2.45, 2.75) is 6.92 Å². The Morgan fingerprint density at radius 3 is 2.77 bits per heavy atom. The van der Waals surface area contributed by atoms with Crippen LogP contribution in [0.4, 0.5) is 17.1 Å². The van der Waals surface area contributed by atoms with Crippen LogP contribution in [-0.4, -0.2) is 9.91 Å². The van der Waals surface area contributed by atoms with E-state index in [0.717, 1.165) is 11.3 Å². The van der Waals surface area contributed by atoms with Gasteiger partial charge in [0.15, 0.2) is 0 Å². The van der Waals surface area contributed by atoms with Gasteiger partial charge in [0.25, 0.3) is 0 Å². The predicted octanol–water partition coefficient (Wildman–Crippen LogP) is 4.85. The van der Waals surface area contributed by atoms with Crippen LogP contribution in [0.25, 0.3) is 10.9 Å². The van der Waals surface area contributed by atoms with Crippen LogP contribution < -0.4 is 5.32 Å². The summed E-state index contributed by atoms with van der Waals surface area (Å²) in [7, 11) is 0. The molecule has 0 fully saturated rings. The Bertz CT molecular complexity index is 880. The smallest absolute Gasteiger partial charge is 0.311 e. The first-order chi connectivity index (χ1) is 10.5. The first kappa shape index (κ1) is 14.3. The number of nitro groups is 1. The van der Waals surface area contributed by atoms with E-state index >= 15 is 0 Å². The van der Waals surface area contributed by atoms with E-state index in [0.29, 0.717) is 21.6 Å². The number of halogens is 1. The van der Waals surface area contributed by atoms with Gasteiger partial charge in [0, 0.05) is 16.1 Å². The van der Waals surface area contributed by atoms with Gasteiger partial charge in [-0.15, -0.1) is 0 Å². The van der Waals surface area contributed by atoms with E-state index in [1.54, 1.807) is 18.2 Å². The fourth-order valence-corrected chi connectivity index (χ4v) is 2.46. The van der Waals surface area contributed by atoms with Crippen molar-refractivity contribution in [3.63, 3.8) is 0 Å². The van der Waals surface area contributed by atoms with Crippen molar-refractivity contribution in [2.75, 3.05) is 5.32 Å². The van der Waals surface area contributed by atoms with Gasteiger partial charge < -0.3 is 5.32 Å². The molecule has 1 N–H and O–H groups in total. The number of fused-ring (bicyclic) bond motifs is 1. The summed E-state index contributed by atoms with van der Waals surface area (Å²) in [5, 5.41) is 15.5. The SMILES string of the molecule is Cc1cccc(Nc2c([N+](=O)[O-])cnc3ccc(Cl)cc23)c1. The van der Waals surface area contributed by atoms with Crippen LogP contribution in [0.3, 0.4) is 0 Å². The third-order valence-electron chi connectivity index (χ3n) is 3.29. The molecule has 0 aliphatic heterocycles. The molecule has 3 aromatic rings. The van der Waals surface area contributed by atoms with Crippen LogP contribution in [0.1, 0.15) is 5.56 Å². The summed E-state index contributed by atoms with van der Waals surface area (Å²) >= 11 is 6.03. The van der Waals surface area contributed by atoms with E-state index in [-0.39, 0.29) is 5.69 Å². The molecule has 0 unspecified atom stereocenters. The Balaban J connectivity index is 2.22. The lowest BCUT2D eigenvalue weighted by Crippen LogP contribution is -1.99. The molecule has 0 spiro atoms. The fourth-order valence-electron chi connectivity index (χ4n) is 2.29. The molecule has 22 heavy (non-hydrogen) atoms. The molecule has 5 nitrogen and oxygen atoms in total. The van der Waals surface area contributed by atoms with Crippen molar-refractivity contribution in [1.82, 2.24) is 4.98 Å². The number of hydrogen-bond acceptors (Lipinski definition) is 4. The number of hydrogen-bond donors (Lipinski definition) is 1. The van der Waals surface area contributed by atoms with Crippen molar-refractivity contribution in [3.05, 3.63) is 69.4 Å². The van der Waals surface area contributed by atoms with E-state index in [1.165, 1.54) is 6.20 Å². The number of nitrogens with one attached hydrogen (secondary N) is 1. The highest BCUT2D eigenvalue weighted by Crippen LogP contribution is 2.35. The van der Waals surface area contributed by atoms with Crippen molar-refractivity contribution in [2.24, 2.45) is 0 Å². The lowest BCUT2D eigenvalue weighted by molar-refractivity contribution is -0.384. The normalized spacial score (nSPS) is 10.6. The highest BCUT2D eigenvalue weighted by molar-refractivity contribution is 6.31. The number of nitrogens with zero attached hydrogens (tertiary/aromatic N) is 2. The molecule has 110 valence electrons.